The number of aromatic nitrogens is 2. The number of anilines is 4. The number of nitrogen functional groups attached to an aromatic ring is 1. The van der Waals surface area contributed by atoms with Gasteiger partial charge in [0.2, 0.25) is 11.9 Å². The fraction of sp³-hybridized carbons (Fsp3) is 0.450. The number of alkyl halides is 3. The lowest BCUT2D eigenvalue weighted by Crippen LogP contribution is -2.35. The van der Waals surface area contributed by atoms with E-state index in [4.69, 9.17) is 5.73 Å². The van der Waals surface area contributed by atoms with Crippen molar-refractivity contribution in [2.75, 3.05) is 29.0 Å². The van der Waals surface area contributed by atoms with Gasteiger partial charge in [-0.2, -0.15) is 18.2 Å². The van der Waals surface area contributed by atoms with Gasteiger partial charge in [0, 0.05) is 49.2 Å². The minimum Gasteiger partial charge on any atom is -0.399 e. The Labute approximate surface area is 185 Å². The summed E-state index contributed by atoms with van der Waals surface area (Å²) in [5.41, 5.74) is 5.75. The van der Waals surface area contributed by atoms with Crippen molar-refractivity contribution in [3.05, 3.63) is 35.5 Å². The maximum atomic E-state index is 13.1. The molecule has 11 heteroatoms. The number of amides is 1. The van der Waals surface area contributed by atoms with Gasteiger partial charge in [0.05, 0.1) is 5.56 Å². The maximum absolute atomic E-state index is 13.1. The van der Waals surface area contributed by atoms with Crippen LogP contribution in [0.2, 0.25) is 0 Å². The van der Waals surface area contributed by atoms with E-state index in [9.17, 15) is 18.0 Å². The Morgan fingerprint density at radius 3 is 2.65 bits per heavy atom. The lowest BCUT2D eigenvalue weighted by atomic mass is 10.1. The summed E-state index contributed by atoms with van der Waals surface area (Å²) in [6.07, 6.45) is -2.14. The van der Waals surface area contributed by atoms with Gasteiger partial charge >= 0.3 is 6.18 Å². The monoisotopic (exact) mass is 458 g/mol. The number of carbonyl (C=O) groups excluding carboxylic acids is 1. The first-order chi connectivity index (χ1) is 14.1. The summed E-state index contributed by atoms with van der Waals surface area (Å²) in [6, 6.07) is 5.19. The lowest BCUT2D eigenvalue weighted by molar-refractivity contribution is -0.137. The molecule has 0 spiro atoms. The van der Waals surface area contributed by atoms with E-state index >= 15 is 0 Å². The molecule has 1 amide bonds. The molecule has 1 aliphatic heterocycles. The van der Waals surface area contributed by atoms with Gasteiger partial charge in [-0.1, -0.05) is 13.3 Å². The molecule has 2 heterocycles. The summed E-state index contributed by atoms with van der Waals surface area (Å²) >= 11 is 0. The molecule has 1 atom stereocenters. The van der Waals surface area contributed by atoms with Crippen molar-refractivity contribution in [1.82, 2.24) is 15.3 Å². The zero-order valence-corrected chi connectivity index (χ0v) is 18.1. The van der Waals surface area contributed by atoms with Crippen LogP contribution in [-0.4, -0.2) is 35.0 Å². The molecule has 4 N–H and O–H groups in total. The minimum absolute atomic E-state index is 0. The van der Waals surface area contributed by atoms with Gasteiger partial charge in [-0.15, -0.1) is 12.4 Å². The molecule has 0 saturated carbocycles. The van der Waals surface area contributed by atoms with Crippen LogP contribution >= 0.6 is 12.4 Å². The normalized spacial score (nSPS) is 16.0. The number of nitrogens with one attached hydrogen (secondary N) is 2. The van der Waals surface area contributed by atoms with E-state index in [2.05, 4.69) is 20.6 Å². The van der Waals surface area contributed by atoms with Gasteiger partial charge in [-0.25, -0.2) is 4.98 Å². The SMILES string of the molecule is CCCc1cc(N2CC[C@H](NC(C)=O)C2)nc(Nc2cc(N)cc(C(F)(F)F)c2)n1.Cl. The predicted molar refractivity (Wildman–Crippen MR) is 117 cm³/mol. The molecule has 1 aliphatic rings. The van der Waals surface area contributed by atoms with Crippen LogP contribution in [0.5, 0.6) is 0 Å². The number of hydrogen-bond acceptors (Lipinski definition) is 6. The van der Waals surface area contributed by atoms with Crippen LogP contribution in [0.1, 0.15) is 37.9 Å². The Hall–Kier alpha value is -2.75. The standard InChI is InChI=1S/C20H25F3N6O.ClH/c1-3-4-15-10-18(29-6-5-16(11-29)25-12(2)30)28-19(26-15)27-17-8-13(20(21,22)23)7-14(24)9-17;/h7-10,16H,3-6,11,24H2,1-2H3,(H,25,30)(H,26,27,28);1H/t16-;/m0./s1. The van der Waals surface area contributed by atoms with E-state index in [1.54, 1.807) is 0 Å². The highest BCUT2D eigenvalue weighted by atomic mass is 35.5. The van der Waals surface area contributed by atoms with Gasteiger partial charge in [-0.05, 0) is 31.0 Å². The second-order valence-electron chi connectivity index (χ2n) is 7.39. The molecule has 1 aromatic heterocycles. The highest BCUT2D eigenvalue weighted by Gasteiger charge is 2.31. The first-order valence-electron chi connectivity index (χ1n) is 9.79. The molecule has 0 unspecified atom stereocenters. The van der Waals surface area contributed by atoms with Crippen molar-refractivity contribution in [2.24, 2.45) is 0 Å². The largest absolute Gasteiger partial charge is 0.416 e. The number of benzene rings is 1. The van der Waals surface area contributed by atoms with Gasteiger partial charge < -0.3 is 21.3 Å². The van der Waals surface area contributed by atoms with Gasteiger partial charge in [0.15, 0.2) is 0 Å². The molecular formula is C20H26ClF3N6O. The molecule has 0 radical (unpaired) electrons. The number of carbonyl (C=O) groups is 1. The highest BCUT2D eigenvalue weighted by Crippen LogP contribution is 2.33. The Balaban J connectivity index is 0.00000341. The van der Waals surface area contributed by atoms with E-state index in [0.29, 0.717) is 25.3 Å². The molecule has 170 valence electrons. The fourth-order valence-corrected chi connectivity index (χ4v) is 3.48. The average Bonchev–Trinajstić information content (AvgIpc) is 3.08. The zero-order chi connectivity index (χ0) is 21.9. The smallest absolute Gasteiger partial charge is 0.399 e. The second-order valence-corrected chi connectivity index (χ2v) is 7.39. The van der Waals surface area contributed by atoms with Crippen molar-refractivity contribution < 1.29 is 18.0 Å². The molecule has 7 nitrogen and oxygen atoms in total. The number of nitrogens with zero attached hydrogens (tertiary/aromatic N) is 3. The van der Waals surface area contributed by atoms with Gasteiger partial charge in [0.1, 0.15) is 5.82 Å². The molecule has 31 heavy (non-hydrogen) atoms. The average molecular weight is 459 g/mol. The molecule has 2 aromatic rings. The van der Waals surface area contributed by atoms with E-state index in [1.807, 2.05) is 17.9 Å². The Bertz CT molecular complexity index is 924. The third kappa shape index (κ3) is 6.61. The molecule has 1 fully saturated rings. The Kier molecular flexibility index (Phi) is 7.94. The topological polar surface area (TPSA) is 96.2 Å². The fourth-order valence-electron chi connectivity index (χ4n) is 3.48. The summed E-state index contributed by atoms with van der Waals surface area (Å²) < 4.78 is 39.3. The zero-order valence-electron chi connectivity index (χ0n) is 17.3. The number of nitrogens with two attached hydrogens (primary N) is 1. The minimum atomic E-state index is -4.50. The lowest BCUT2D eigenvalue weighted by Gasteiger charge is -2.20. The first-order valence-corrected chi connectivity index (χ1v) is 9.79. The molecular weight excluding hydrogens is 433 g/mol. The van der Waals surface area contributed by atoms with E-state index < -0.39 is 11.7 Å². The number of halogens is 4. The molecule has 0 aliphatic carbocycles. The summed E-state index contributed by atoms with van der Waals surface area (Å²) in [6.45, 7) is 4.82. The summed E-state index contributed by atoms with van der Waals surface area (Å²) in [4.78, 5) is 22.3. The van der Waals surface area contributed by atoms with E-state index in [-0.39, 0.29) is 41.7 Å². The van der Waals surface area contributed by atoms with Crippen LogP contribution in [0.3, 0.4) is 0 Å². The Morgan fingerprint density at radius 1 is 1.26 bits per heavy atom. The third-order valence-corrected chi connectivity index (χ3v) is 4.73. The van der Waals surface area contributed by atoms with E-state index in [0.717, 1.165) is 30.7 Å². The van der Waals surface area contributed by atoms with Crippen molar-refractivity contribution in [2.45, 2.75) is 45.3 Å². The summed E-state index contributed by atoms with van der Waals surface area (Å²) in [5, 5.41) is 5.77. The van der Waals surface area contributed by atoms with Crippen LogP contribution in [0.4, 0.5) is 36.3 Å². The van der Waals surface area contributed by atoms with Crippen LogP contribution in [0.15, 0.2) is 24.3 Å². The van der Waals surface area contributed by atoms with Crippen molar-refractivity contribution in [3.63, 3.8) is 0 Å². The number of rotatable bonds is 6. The molecule has 0 bridgehead atoms. The number of hydrogen-bond donors (Lipinski definition) is 3. The van der Waals surface area contributed by atoms with Crippen LogP contribution < -0.4 is 21.3 Å². The quantitative estimate of drug-likeness (QED) is 0.568. The van der Waals surface area contributed by atoms with Gasteiger partial charge in [0.25, 0.3) is 0 Å². The van der Waals surface area contributed by atoms with E-state index in [1.165, 1.54) is 13.0 Å². The van der Waals surface area contributed by atoms with Gasteiger partial charge in [-0.3, -0.25) is 4.79 Å². The maximum Gasteiger partial charge on any atom is 0.416 e. The third-order valence-electron chi connectivity index (χ3n) is 4.73. The van der Waals surface area contributed by atoms with Crippen LogP contribution in [0.25, 0.3) is 0 Å². The van der Waals surface area contributed by atoms with Crippen molar-refractivity contribution in [1.29, 1.82) is 0 Å². The first kappa shape index (κ1) is 24.5. The summed E-state index contributed by atoms with van der Waals surface area (Å²) in [5.74, 6) is 0.794. The molecule has 1 aromatic carbocycles. The van der Waals surface area contributed by atoms with Crippen LogP contribution in [-0.2, 0) is 17.4 Å². The van der Waals surface area contributed by atoms with Crippen molar-refractivity contribution >= 4 is 41.5 Å². The molecule has 1 saturated heterocycles. The molecule has 3 rings (SSSR count). The summed E-state index contributed by atoms with van der Waals surface area (Å²) in [7, 11) is 0. The highest BCUT2D eigenvalue weighted by molar-refractivity contribution is 5.85. The number of aryl methyl sites for hydroxylation is 1. The second kappa shape index (κ2) is 10.0. The van der Waals surface area contributed by atoms with Crippen LogP contribution in [0, 0.1) is 0 Å². The Morgan fingerprint density at radius 2 is 2.00 bits per heavy atom. The van der Waals surface area contributed by atoms with Crippen molar-refractivity contribution in [3.8, 4) is 0 Å². The predicted octanol–water partition coefficient (Wildman–Crippen LogP) is 3.91.